The number of halogens is 1. The van der Waals surface area contributed by atoms with Crippen LogP contribution in [-0.4, -0.2) is 69.8 Å². The monoisotopic (exact) mass is 298 g/mol. The summed E-state index contributed by atoms with van der Waals surface area (Å²) in [6.07, 6.45) is 0. The molecule has 0 radical (unpaired) electrons. The summed E-state index contributed by atoms with van der Waals surface area (Å²) in [7, 11) is 5.08. The molecule has 0 fully saturated rings. The summed E-state index contributed by atoms with van der Waals surface area (Å²) in [4.78, 5) is 15.3. The first-order valence-corrected chi connectivity index (χ1v) is 6.82. The first kappa shape index (κ1) is 17.4. The average molecular weight is 298 g/mol. The highest BCUT2D eigenvalue weighted by atomic mass is 19.1. The molecule has 1 rings (SSSR count). The van der Waals surface area contributed by atoms with Gasteiger partial charge in [0, 0.05) is 34.3 Å². The fourth-order valence-electron chi connectivity index (χ4n) is 1.65. The summed E-state index contributed by atoms with van der Waals surface area (Å²) in [6, 6.07) is 5.88. The van der Waals surface area contributed by atoms with Crippen LogP contribution in [0.25, 0.3) is 0 Å². The Morgan fingerprint density at radius 2 is 1.76 bits per heavy atom. The molecule has 118 valence electrons. The van der Waals surface area contributed by atoms with Gasteiger partial charge in [0.15, 0.2) is 0 Å². The van der Waals surface area contributed by atoms with E-state index >= 15 is 0 Å². The van der Waals surface area contributed by atoms with E-state index in [0.717, 1.165) is 0 Å². The number of amides is 1. The number of ether oxygens (including phenoxy) is 2. The molecule has 1 amide bonds. The number of methoxy groups -OCH3 is 1. The van der Waals surface area contributed by atoms with Gasteiger partial charge in [-0.3, -0.25) is 9.69 Å². The average Bonchev–Trinajstić information content (AvgIpc) is 2.46. The van der Waals surface area contributed by atoms with E-state index in [-0.39, 0.29) is 11.7 Å². The molecule has 6 heteroatoms. The van der Waals surface area contributed by atoms with Crippen molar-refractivity contribution in [3.05, 3.63) is 30.1 Å². The van der Waals surface area contributed by atoms with Crippen molar-refractivity contribution in [3.8, 4) is 5.75 Å². The predicted octanol–water partition coefficient (Wildman–Crippen LogP) is 1.24. The lowest BCUT2D eigenvalue weighted by Crippen LogP contribution is -2.40. The molecule has 0 N–H and O–H groups in total. The molecule has 0 atom stereocenters. The molecule has 0 unspecified atom stereocenters. The van der Waals surface area contributed by atoms with Crippen LogP contribution in [0.3, 0.4) is 0 Å². The van der Waals surface area contributed by atoms with Crippen molar-refractivity contribution >= 4 is 5.91 Å². The molecule has 0 aliphatic carbocycles. The van der Waals surface area contributed by atoms with E-state index in [1.165, 1.54) is 12.1 Å². The second-order valence-corrected chi connectivity index (χ2v) is 4.86. The van der Waals surface area contributed by atoms with Gasteiger partial charge in [0.25, 0.3) is 0 Å². The minimum Gasteiger partial charge on any atom is -0.492 e. The van der Waals surface area contributed by atoms with Crippen LogP contribution in [0.5, 0.6) is 5.75 Å². The SMILES string of the molecule is COCCN(CCOc1ccc(F)cc1)CC(=O)N(C)C. The van der Waals surface area contributed by atoms with Crippen LogP contribution in [0.1, 0.15) is 0 Å². The predicted molar refractivity (Wildman–Crippen MR) is 78.9 cm³/mol. The van der Waals surface area contributed by atoms with Crippen LogP contribution in [0, 0.1) is 5.82 Å². The van der Waals surface area contributed by atoms with Crippen molar-refractivity contribution in [2.45, 2.75) is 0 Å². The van der Waals surface area contributed by atoms with E-state index in [0.29, 0.717) is 38.6 Å². The van der Waals surface area contributed by atoms with E-state index in [4.69, 9.17) is 9.47 Å². The second kappa shape index (κ2) is 9.31. The Morgan fingerprint density at radius 1 is 1.14 bits per heavy atom. The standard InChI is InChI=1S/C15H23FN2O3/c1-17(2)15(19)12-18(8-10-20-3)9-11-21-14-6-4-13(16)5-7-14/h4-7H,8-12H2,1-3H3. The summed E-state index contributed by atoms with van der Waals surface area (Å²) < 4.78 is 23.4. The Labute approximate surface area is 125 Å². The van der Waals surface area contributed by atoms with E-state index in [2.05, 4.69) is 0 Å². The van der Waals surface area contributed by atoms with Gasteiger partial charge in [-0.25, -0.2) is 4.39 Å². The van der Waals surface area contributed by atoms with Crippen LogP contribution in [-0.2, 0) is 9.53 Å². The molecule has 0 bridgehead atoms. The Morgan fingerprint density at radius 3 is 2.33 bits per heavy atom. The minimum absolute atomic E-state index is 0.0351. The smallest absolute Gasteiger partial charge is 0.236 e. The lowest BCUT2D eigenvalue weighted by molar-refractivity contribution is -0.130. The fourth-order valence-corrected chi connectivity index (χ4v) is 1.65. The Hall–Kier alpha value is -1.66. The molecule has 0 saturated heterocycles. The van der Waals surface area contributed by atoms with Crippen molar-refractivity contribution < 1.29 is 18.7 Å². The molecule has 0 saturated carbocycles. The maximum Gasteiger partial charge on any atom is 0.236 e. The van der Waals surface area contributed by atoms with E-state index < -0.39 is 0 Å². The Balaban J connectivity index is 2.41. The van der Waals surface area contributed by atoms with Gasteiger partial charge in [-0.1, -0.05) is 0 Å². The molecular formula is C15H23FN2O3. The van der Waals surface area contributed by atoms with Gasteiger partial charge in [-0.05, 0) is 24.3 Å². The fraction of sp³-hybridized carbons (Fsp3) is 0.533. The maximum atomic E-state index is 12.8. The van der Waals surface area contributed by atoms with Gasteiger partial charge in [0.05, 0.1) is 13.2 Å². The van der Waals surface area contributed by atoms with E-state index in [1.807, 2.05) is 4.90 Å². The Bertz CT molecular complexity index is 423. The largest absolute Gasteiger partial charge is 0.492 e. The number of carbonyl (C=O) groups excluding carboxylic acids is 1. The molecule has 1 aromatic rings. The van der Waals surface area contributed by atoms with Gasteiger partial charge < -0.3 is 14.4 Å². The number of rotatable bonds is 9. The second-order valence-electron chi connectivity index (χ2n) is 4.86. The zero-order chi connectivity index (χ0) is 15.7. The van der Waals surface area contributed by atoms with Crippen molar-refractivity contribution in [1.29, 1.82) is 0 Å². The third-order valence-corrected chi connectivity index (χ3v) is 2.96. The van der Waals surface area contributed by atoms with E-state index in [9.17, 15) is 9.18 Å². The number of nitrogens with zero attached hydrogens (tertiary/aromatic N) is 2. The number of hydrogen-bond donors (Lipinski definition) is 0. The van der Waals surface area contributed by atoms with Crippen LogP contribution < -0.4 is 4.74 Å². The summed E-state index contributed by atoms with van der Waals surface area (Å²) in [5, 5.41) is 0. The summed E-state index contributed by atoms with van der Waals surface area (Å²) in [5.74, 6) is 0.357. The molecular weight excluding hydrogens is 275 g/mol. The maximum absolute atomic E-state index is 12.8. The quantitative estimate of drug-likeness (QED) is 0.688. The van der Waals surface area contributed by atoms with Gasteiger partial charge in [-0.2, -0.15) is 0 Å². The van der Waals surface area contributed by atoms with Crippen LogP contribution in [0.2, 0.25) is 0 Å². The van der Waals surface area contributed by atoms with Crippen molar-refractivity contribution in [2.24, 2.45) is 0 Å². The van der Waals surface area contributed by atoms with Gasteiger partial charge in [-0.15, -0.1) is 0 Å². The molecule has 0 spiro atoms. The van der Waals surface area contributed by atoms with Crippen LogP contribution >= 0.6 is 0 Å². The first-order chi connectivity index (χ1) is 10.0. The molecule has 0 heterocycles. The summed E-state index contributed by atoms with van der Waals surface area (Å²) >= 11 is 0. The summed E-state index contributed by atoms with van der Waals surface area (Å²) in [5.41, 5.74) is 0. The highest BCUT2D eigenvalue weighted by Crippen LogP contribution is 2.10. The molecule has 21 heavy (non-hydrogen) atoms. The minimum atomic E-state index is -0.291. The molecule has 0 aromatic heterocycles. The van der Waals surface area contributed by atoms with Gasteiger partial charge >= 0.3 is 0 Å². The number of carbonyl (C=O) groups is 1. The number of likely N-dealkylation sites (N-methyl/N-ethyl adjacent to an activating group) is 1. The zero-order valence-electron chi connectivity index (χ0n) is 12.8. The summed E-state index contributed by atoms with van der Waals surface area (Å²) in [6.45, 7) is 2.56. The topological polar surface area (TPSA) is 42.0 Å². The van der Waals surface area contributed by atoms with Crippen molar-refractivity contribution in [1.82, 2.24) is 9.80 Å². The highest BCUT2D eigenvalue weighted by Gasteiger charge is 2.12. The highest BCUT2D eigenvalue weighted by molar-refractivity contribution is 5.77. The van der Waals surface area contributed by atoms with E-state index in [1.54, 1.807) is 38.2 Å². The molecule has 1 aromatic carbocycles. The molecule has 5 nitrogen and oxygen atoms in total. The van der Waals surface area contributed by atoms with Gasteiger partial charge in [0.1, 0.15) is 18.2 Å². The number of hydrogen-bond acceptors (Lipinski definition) is 4. The van der Waals surface area contributed by atoms with Crippen LogP contribution in [0.15, 0.2) is 24.3 Å². The third kappa shape index (κ3) is 7.06. The first-order valence-electron chi connectivity index (χ1n) is 6.82. The van der Waals surface area contributed by atoms with Crippen molar-refractivity contribution in [2.75, 3.05) is 54.1 Å². The Kier molecular flexibility index (Phi) is 7.71. The third-order valence-electron chi connectivity index (χ3n) is 2.96. The van der Waals surface area contributed by atoms with Gasteiger partial charge in [0.2, 0.25) is 5.91 Å². The number of benzene rings is 1. The molecule has 0 aliphatic rings. The van der Waals surface area contributed by atoms with Crippen LogP contribution in [0.4, 0.5) is 4.39 Å². The normalized spacial score (nSPS) is 10.7. The lowest BCUT2D eigenvalue weighted by atomic mass is 10.3. The molecule has 0 aliphatic heterocycles. The van der Waals surface area contributed by atoms with Crippen molar-refractivity contribution in [3.63, 3.8) is 0 Å². The lowest BCUT2D eigenvalue weighted by Gasteiger charge is -2.23. The zero-order valence-corrected chi connectivity index (χ0v) is 12.8.